The molecular weight excluding hydrogens is 262 g/mol. The van der Waals surface area contributed by atoms with E-state index in [9.17, 15) is 0 Å². The van der Waals surface area contributed by atoms with Crippen LogP contribution >= 0.6 is 0 Å². The number of ether oxygens (including phenoxy) is 2. The second-order valence-electron chi connectivity index (χ2n) is 7.52. The van der Waals surface area contributed by atoms with Gasteiger partial charge in [-0.05, 0) is 55.7 Å². The highest BCUT2D eigenvalue weighted by atomic mass is 16.5. The molecule has 3 nitrogen and oxygen atoms in total. The second kappa shape index (κ2) is 5.20. The Hall–Kier alpha value is -1.22. The van der Waals surface area contributed by atoms with Crippen molar-refractivity contribution >= 4 is 0 Å². The summed E-state index contributed by atoms with van der Waals surface area (Å²) < 4.78 is 11.8. The Kier molecular flexibility index (Phi) is 3.64. The van der Waals surface area contributed by atoms with E-state index in [0.717, 1.165) is 36.3 Å². The van der Waals surface area contributed by atoms with Gasteiger partial charge in [0.2, 0.25) is 0 Å². The van der Waals surface area contributed by atoms with Crippen molar-refractivity contribution in [2.45, 2.75) is 64.0 Å². The van der Waals surface area contributed by atoms with Crippen LogP contribution < -0.4 is 15.2 Å². The molecule has 1 aromatic rings. The van der Waals surface area contributed by atoms with Crippen LogP contribution in [0.3, 0.4) is 0 Å². The van der Waals surface area contributed by atoms with Gasteiger partial charge < -0.3 is 15.2 Å². The second-order valence-corrected chi connectivity index (χ2v) is 7.52. The fraction of sp³-hybridized carbons (Fsp3) is 0.667. The molecule has 2 N–H and O–H groups in total. The maximum Gasteiger partial charge on any atom is 0.125 e. The van der Waals surface area contributed by atoms with Crippen LogP contribution in [0.25, 0.3) is 0 Å². The SMILES string of the molecule is COc1ccc2c(c1)C(N)CC1(CCCC(C)(C)CC1)O2. The Balaban J connectivity index is 1.87. The van der Waals surface area contributed by atoms with Crippen molar-refractivity contribution in [3.63, 3.8) is 0 Å². The summed E-state index contributed by atoms with van der Waals surface area (Å²) in [6, 6.07) is 6.05. The zero-order chi connectivity index (χ0) is 15.1. The Morgan fingerprint density at radius 2 is 2.00 bits per heavy atom. The largest absolute Gasteiger partial charge is 0.497 e. The normalized spacial score (nSPS) is 31.1. The molecule has 2 atom stereocenters. The Morgan fingerprint density at radius 3 is 2.76 bits per heavy atom. The molecule has 1 aromatic carbocycles. The monoisotopic (exact) mass is 289 g/mol. The predicted molar refractivity (Wildman–Crippen MR) is 84.8 cm³/mol. The maximum atomic E-state index is 6.47. The lowest BCUT2D eigenvalue weighted by molar-refractivity contribution is 0.0188. The standard InChI is InChI=1S/C18H27NO2/c1-17(2)7-4-8-18(10-9-17)12-15(19)14-11-13(20-3)5-6-16(14)21-18/h5-6,11,15H,4,7-10,12,19H2,1-3H3. The van der Waals surface area contributed by atoms with Crippen molar-refractivity contribution in [2.75, 3.05) is 7.11 Å². The molecule has 1 spiro atoms. The van der Waals surface area contributed by atoms with E-state index in [2.05, 4.69) is 13.8 Å². The molecule has 1 aliphatic carbocycles. The number of fused-ring (bicyclic) bond motifs is 1. The van der Waals surface area contributed by atoms with Crippen molar-refractivity contribution < 1.29 is 9.47 Å². The summed E-state index contributed by atoms with van der Waals surface area (Å²) in [6.45, 7) is 4.74. The van der Waals surface area contributed by atoms with Crippen molar-refractivity contribution in [1.29, 1.82) is 0 Å². The van der Waals surface area contributed by atoms with E-state index < -0.39 is 0 Å². The topological polar surface area (TPSA) is 44.5 Å². The zero-order valence-corrected chi connectivity index (χ0v) is 13.4. The molecule has 21 heavy (non-hydrogen) atoms. The number of hydrogen-bond acceptors (Lipinski definition) is 3. The Bertz CT molecular complexity index is 526. The van der Waals surface area contributed by atoms with Gasteiger partial charge in [0.25, 0.3) is 0 Å². The van der Waals surface area contributed by atoms with Gasteiger partial charge >= 0.3 is 0 Å². The van der Waals surface area contributed by atoms with Gasteiger partial charge in [0, 0.05) is 18.0 Å². The molecule has 0 bridgehead atoms. The third kappa shape index (κ3) is 2.89. The van der Waals surface area contributed by atoms with Crippen LogP contribution in [0.4, 0.5) is 0 Å². The van der Waals surface area contributed by atoms with Crippen LogP contribution in [0.5, 0.6) is 11.5 Å². The molecule has 1 heterocycles. The lowest BCUT2D eigenvalue weighted by Crippen LogP contribution is -2.42. The molecular formula is C18H27NO2. The first-order chi connectivity index (χ1) is 9.93. The summed E-state index contributed by atoms with van der Waals surface area (Å²) >= 11 is 0. The maximum absolute atomic E-state index is 6.47. The highest BCUT2D eigenvalue weighted by molar-refractivity contribution is 5.44. The van der Waals surface area contributed by atoms with Gasteiger partial charge in [-0.25, -0.2) is 0 Å². The van der Waals surface area contributed by atoms with Crippen LogP contribution in [-0.2, 0) is 0 Å². The minimum absolute atomic E-state index is 0.0464. The third-order valence-electron chi connectivity index (χ3n) is 5.28. The number of hydrogen-bond donors (Lipinski definition) is 1. The smallest absolute Gasteiger partial charge is 0.125 e. The van der Waals surface area contributed by atoms with E-state index in [0.29, 0.717) is 5.41 Å². The van der Waals surface area contributed by atoms with Crippen LogP contribution in [0.1, 0.15) is 64.0 Å². The summed E-state index contributed by atoms with van der Waals surface area (Å²) in [7, 11) is 1.69. The quantitative estimate of drug-likeness (QED) is 0.842. The van der Waals surface area contributed by atoms with Crippen molar-refractivity contribution in [3.8, 4) is 11.5 Å². The van der Waals surface area contributed by atoms with Gasteiger partial charge in [0.15, 0.2) is 0 Å². The first-order valence-corrected chi connectivity index (χ1v) is 8.06. The van der Waals surface area contributed by atoms with Crippen LogP contribution in [0.15, 0.2) is 18.2 Å². The minimum Gasteiger partial charge on any atom is -0.497 e. The van der Waals surface area contributed by atoms with Crippen LogP contribution in [0, 0.1) is 5.41 Å². The Morgan fingerprint density at radius 1 is 1.19 bits per heavy atom. The lowest BCUT2D eigenvalue weighted by atomic mass is 9.80. The van der Waals surface area contributed by atoms with Gasteiger partial charge in [-0.2, -0.15) is 0 Å². The van der Waals surface area contributed by atoms with Crippen molar-refractivity contribution in [2.24, 2.45) is 11.1 Å². The molecule has 3 heteroatoms. The lowest BCUT2D eigenvalue weighted by Gasteiger charge is -2.41. The molecule has 0 radical (unpaired) electrons. The van der Waals surface area contributed by atoms with E-state index in [4.69, 9.17) is 15.2 Å². The van der Waals surface area contributed by atoms with Gasteiger partial charge in [-0.15, -0.1) is 0 Å². The average molecular weight is 289 g/mol. The fourth-order valence-corrected chi connectivity index (χ4v) is 3.83. The molecule has 1 saturated carbocycles. The van der Waals surface area contributed by atoms with E-state index in [1.165, 1.54) is 19.3 Å². The predicted octanol–water partition coefficient (Wildman–Crippen LogP) is 4.21. The van der Waals surface area contributed by atoms with Crippen molar-refractivity contribution in [1.82, 2.24) is 0 Å². The Labute approximate surface area is 127 Å². The van der Waals surface area contributed by atoms with E-state index in [1.807, 2.05) is 18.2 Å². The number of rotatable bonds is 1. The zero-order valence-electron chi connectivity index (χ0n) is 13.4. The molecule has 0 aromatic heterocycles. The number of benzene rings is 1. The molecule has 2 unspecified atom stereocenters. The molecule has 0 amide bonds. The molecule has 116 valence electrons. The third-order valence-corrected chi connectivity index (χ3v) is 5.28. The summed E-state index contributed by atoms with van der Waals surface area (Å²) in [6.07, 6.45) is 6.87. The molecule has 1 fully saturated rings. The van der Waals surface area contributed by atoms with Gasteiger partial charge in [0.1, 0.15) is 17.1 Å². The minimum atomic E-state index is -0.0607. The molecule has 3 rings (SSSR count). The van der Waals surface area contributed by atoms with Crippen LogP contribution in [0.2, 0.25) is 0 Å². The summed E-state index contributed by atoms with van der Waals surface area (Å²) in [5, 5.41) is 0. The first kappa shape index (κ1) is 14.7. The summed E-state index contributed by atoms with van der Waals surface area (Å²) in [5.74, 6) is 1.81. The van der Waals surface area contributed by atoms with E-state index >= 15 is 0 Å². The molecule has 0 saturated heterocycles. The highest BCUT2D eigenvalue weighted by Gasteiger charge is 2.42. The van der Waals surface area contributed by atoms with Crippen LogP contribution in [-0.4, -0.2) is 12.7 Å². The fourth-order valence-electron chi connectivity index (χ4n) is 3.83. The van der Waals surface area contributed by atoms with Gasteiger partial charge in [-0.3, -0.25) is 0 Å². The average Bonchev–Trinajstić information content (AvgIpc) is 2.58. The van der Waals surface area contributed by atoms with E-state index in [-0.39, 0.29) is 11.6 Å². The summed E-state index contributed by atoms with van der Waals surface area (Å²) in [4.78, 5) is 0. The summed E-state index contributed by atoms with van der Waals surface area (Å²) in [5.41, 5.74) is 7.91. The molecule has 2 aliphatic rings. The molecule has 1 aliphatic heterocycles. The first-order valence-electron chi connectivity index (χ1n) is 8.06. The number of methoxy groups -OCH3 is 1. The number of nitrogens with two attached hydrogens (primary N) is 1. The van der Waals surface area contributed by atoms with Gasteiger partial charge in [0.05, 0.1) is 7.11 Å². The van der Waals surface area contributed by atoms with E-state index in [1.54, 1.807) is 7.11 Å². The highest BCUT2D eigenvalue weighted by Crippen LogP contribution is 2.48. The van der Waals surface area contributed by atoms with Gasteiger partial charge in [-0.1, -0.05) is 13.8 Å². The van der Waals surface area contributed by atoms with Crippen molar-refractivity contribution in [3.05, 3.63) is 23.8 Å².